The molecular weight excluding hydrogens is 204 g/mol. The van der Waals surface area contributed by atoms with Crippen LogP contribution in [0.15, 0.2) is 0 Å². The normalized spacial score (nSPS) is 16.1. The average molecular weight is 232 g/mol. The summed E-state index contributed by atoms with van der Waals surface area (Å²) in [6.45, 7) is 5.51. The molecule has 16 heavy (non-hydrogen) atoms. The van der Waals surface area contributed by atoms with E-state index >= 15 is 0 Å². The Labute approximate surface area is 99.5 Å². The summed E-state index contributed by atoms with van der Waals surface area (Å²) in [6.07, 6.45) is 6.26. The number of rotatable bonds is 9. The van der Waals surface area contributed by atoms with Crippen molar-refractivity contribution >= 4 is 0 Å². The first-order valence-electron chi connectivity index (χ1n) is 6.32. The third kappa shape index (κ3) is 10.4. The van der Waals surface area contributed by atoms with Gasteiger partial charge in [-0.1, -0.05) is 25.7 Å². The first kappa shape index (κ1) is 15.9. The van der Waals surface area contributed by atoms with Crippen molar-refractivity contribution in [1.82, 2.24) is 0 Å². The Balaban J connectivity index is 3.58. The molecule has 0 spiro atoms. The molecular formula is C13H28O3. The van der Waals surface area contributed by atoms with Crippen molar-refractivity contribution in [2.24, 2.45) is 0 Å². The van der Waals surface area contributed by atoms with E-state index in [-0.39, 0.29) is 6.61 Å². The fraction of sp³-hybridized carbons (Fsp3) is 1.00. The number of aliphatic hydroxyl groups excluding tert-OH is 1. The summed E-state index contributed by atoms with van der Waals surface area (Å²) in [6, 6.07) is 0. The molecule has 0 saturated carbocycles. The molecule has 98 valence electrons. The van der Waals surface area contributed by atoms with Gasteiger partial charge in [0, 0.05) is 13.0 Å². The Hall–Kier alpha value is -0.120. The lowest BCUT2D eigenvalue weighted by Crippen LogP contribution is -2.35. The van der Waals surface area contributed by atoms with Crippen LogP contribution in [0.25, 0.3) is 0 Å². The molecule has 0 saturated heterocycles. The molecule has 0 aliphatic carbocycles. The van der Waals surface area contributed by atoms with Crippen molar-refractivity contribution in [3.8, 4) is 0 Å². The maximum atomic E-state index is 10.1. The third-order valence-electron chi connectivity index (χ3n) is 2.69. The lowest BCUT2D eigenvalue weighted by Gasteiger charge is -2.30. The van der Waals surface area contributed by atoms with Crippen LogP contribution in [-0.4, -0.2) is 33.1 Å². The number of unbranched alkanes of at least 4 members (excludes halogenated alkanes) is 4. The van der Waals surface area contributed by atoms with Crippen molar-refractivity contribution in [1.29, 1.82) is 0 Å². The minimum absolute atomic E-state index is 0.274. The summed E-state index contributed by atoms with van der Waals surface area (Å²) in [5.74, 6) is 0. The van der Waals surface area contributed by atoms with E-state index in [9.17, 15) is 10.2 Å². The van der Waals surface area contributed by atoms with Gasteiger partial charge in [0.2, 0.25) is 0 Å². The zero-order valence-corrected chi connectivity index (χ0v) is 11.0. The maximum absolute atomic E-state index is 10.1. The van der Waals surface area contributed by atoms with Crippen LogP contribution < -0.4 is 0 Å². The fourth-order valence-electron chi connectivity index (χ4n) is 2.17. The van der Waals surface area contributed by atoms with Crippen molar-refractivity contribution in [3.63, 3.8) is 0 Å². The Bertz CT molecular complexity index is 171. The van der Waals surface area contributed by atoms with Gasteiger partial charge in [-0.05, 0) is 33.6 Å². The minimum Gasteiger partial charge on any atom is -0.396 e. The molecule has 3 nitrogen and oxygen atoms in total. The number of hydrogen-bond acceptors (Lipinski definition) is 3. The molecule has 0 aromatic heterocycles. The van der Waals surface area contributed by atoms with E-state index in [0.29, 0.717) is 6.42 Å². The summed E-state index contributed by atoms with van der Waals surface area (Å²) in [5, 5.41) is 28.3. The molecule has 0 aliphatic rings. The standard InChI is InChI=1S/C13H28O3/c1-12(2,15)11-13(3,16)9-7-5-4-6-8-10-14/h14-16H,4-11H2,1-3H3. The van der Waals surface area contributed by atoms with Crippen LogP contribution in [0.5, 0.6) is 0 Å². The highest BCUT2D eigenvalue weighted by Gasteiger charge is 2.28. The van der Waals surface area contributed by atoms with Crippen molar-refractivity contribution in [3.05, 3.63) is 0 Å². The first-order chi connectivity index (χ1) is 7.27. The molecule has 0 aromatic rings. The van der Waals surface area contributed by atoms with Gasteiger partial charge >= 0.3 is 0 Å². The molecule has 0 amide bonds. The molecule has 0 fully saturated rings. The van der Waals surface area contributed by atoms with E-state index in [2.05, 4.69) is 0 Å². The Morgan fingerprint density at radius 3 is 1.81 bits per heavy atom. The van der Waals surface area contributed by atoms with Gasteiger partial charge in [0.1, 0.15) is 0 Å². The smallest absolute Gasteiger partial charge is 0.0646 e. The fourth-order valence-corrected chi connectivity index (χ4v) is 2.17. The molecule has 0 heterocycles. The molecule has 0 aromatic carbocycles. The zero-order valence-electron chi connectivity index (χ0n) is 11.0. The molecule has 0 radical (unpaired) electrons. The van der Waals surface area contributed by atoms with Crippen LogP contribution in [0.3, 0.4) is 0 Å². The van der Waals surface area contributed by atoms with Gasteiger partial charge in [-0.2, -0.15) is 0 Å². The Morgan fingerprint density at radius 2 is 1.31 bits per heavy atom. The molecule has 1 unspecified atom stereocenters. The number of hydrogen-bond donors (Lipinski definition) is 3. The third-order valence-corrected chi connectivity index (χ3v) is 2.69. The van der Waals surface area contributed by atoms with Crippen LogP contribution in [0.2, 0.25) is 0 Å². The average Bonchev–Trinajstić information content (AvgIpc) is 2.06. The second kappa shape index (κ2) is 7.25. The summed E-state index contributed by atoms with van der Waals surface area (Å²) in [5.41, 5.74) is -1.57. The molecule has 0 rings (SSSR count). The van der Waals surface area contributed by atoms with Gasteiger partial charge in [-0.25, -0.2) is 0 Å². The predicted octanol–water partition coefficient (Wildman–Crippen LogP) is 2.23. The molecule has 0 aliphatic heterocycles. The van der Waals surface area contributed by atoms with Crippen LogP contribution in [0.1, 0.15) is 65.7 Å². The van der Waals surface area contributed by atoms with E-state index in [1.807, 2.05) is 0 Å². The largest absolute Gasteiger partial charge is 0.396 e. The number of aliphatic hydroxyl groups is 3. The summed E-state index contributed by atoms with van der Waals surface area (Å²) >= 11 is 0. The molecule has 3 heteroatoms. The highest BCUT2D eigenvalue weighted by molar-refractivity contribution is 4.81. The van der Waals surface area contributed by atoms with Gasteiger partial charge < -0.3 is 15.3 Å². The highest BCUT2D eigenvalue weighted by Crippen LogP contribution is 2.25. The quantitative estimate of drug-likeness (QED) is 0.534. The van der Waals surface area contributed by atoms with Crippen LogP contribution in [-0.2, 0) is 0 Å². The molecule has 0 bridgehead atoms. The Morgan fingerprint density at radius 1 is 0.812 bits per heavy atom. The van der Waals surface area contributed by atoms with Crippen molar-refractivity contribution in [2.75, 3.05) is 6.61 Å². The monoisotopic (exact) mass is 232 g/mol. The highest BCUT2D eigenvalue weighted by atomic mass is 16.3. The van der Waals surface area contributed by atoms with E-state index < -0.39 is 11.2 Å². The maximum Gasteiger partial charge on any atom is 0.0646 e. The van der Waals surface area contributed by atoms with Crippen LogP contribution in [0, 0.1) is 0 Å². The van der Waals surface area contributed by atoms with Crippen molar-refractivity contribution < 1.29 is 15.3 Å². The molecule has 1 atom stereocenters. The van der Waals surface area contributed by atoms with E-state index in [4.69, 9.17) is 5.11 Å². The lowest BCUT2D eigenvalue weighted by molar-refractivity contribution is -0.0409. The van der Waals surface area contributed by atoms with E-state index in [1.165, 1.54) is 0 Å². The summed E-state index contributed by atoms with van der Waals surface area (Å²) < 4.78 is 0. The van der Waals surface area contributed by atoms with Gasteiger partial charge in [0.05, 0.1) is 11.2 Å². The van der Waals surface area contributed by atoms with E-state index in [0.717, 1.165) is 38.5 Å². The van der Waals surface area contributed by atoms with E-state index in [1.54, 1.807) is 20.8 Å². The first-order valence-corrected chi connectivity index (χ1v) is 6.32. The Kier molecular flexibility index (Phi) is 7.20. The molecule has 3 N–H and O–H groups in total. The summed E-state index contributed by atoms with van der Waals surface area (Å²) in [4.78, 5) is 0. The second-order valence-corrected chi connectivity index (χ2v) is 5.73. The van der Waals surface area contributed by atoms with Crippen LogP contribution >= 0.6 is 0 Å². The zero-order chi connectivity index (χ0) is 12.7. The topological polar surface area (TPSA) is 60.7 Å². The predicted molar refractivity (Wildman–Crippen MR) is 66.3 cm³/mol. The van der Waals surface area contributed by atoms with Gasteiger partial charge in [-0.15, -0.1) is 0 Å². The van der Waals surface area contributed by atoms with Gasteiger partial charge in [-0.3, -0.25) is 0 Å². The lowest BCUT2D eigenvalue weighted by atomic mass is 9.87. The summed E-state index contributed by atoms with van der Waals surface area (Å²) in [7, 11) is 0. The second-order valence-electron chi connectivity index (χ2n) is 5.73. The SMILES string of the molecule is CC(C)(O)CC(C)(O)CCCCCCCO. The van der Waals surface area contributed by atoms with Gasteiger partial charge in [0.15, 0.2) is 0 Å². The van der Waals surface area contributed by atoms with Gasteiger partial charge in [0.25, 0.3) is 0 Å². The van der Waals surface area contributed by atoms with Crippen LogP contribution in [0.4, 0.5) is 0 Å². The van der Waals surface area contributed by atoms with Crippen molar-refractivity contribution in [2.45, 2.75) is 76.9 Å². The minimum atomic E-state index is -0.805.